The van der Waals surface area contributed by atoms with Crippen molar-refractivity contribution < 1.29 is 14.3 Å². The molecule has 0 bridgehead atoms. The summed E-state index contributed by atoms with van der Waals surface area (Å²) < 4.78 is 10.6. The van der Waals surface area contributed by atoms with Gasteiger partial charge in [-0.05, 0) is 49.3 Å². The number of carbonyl (C=O) groups is 1. The summed E-state index contributed by atoms with van der Waals surface area (Å²) in [6, 6.07) is 8.02. The summed E-state index contributed by atoms with van der Waals surface area (Å²) in [6.45, 7) is 2.35. The Labute approximate surface area is 126 Å². The number of hydrogen-bond donors (Lipinski definition) is 1. The molecule has 0 heterocycles. The second kappa shape index (κ2) is 6.94. The number of hydrogen-bond acceptors (Lipinski definition) is 4. The number of ether oxygens (including phenoxy) is 2. The third-order valence-corrected chi connectivity index (χ3v) is 4.09. The lowest BCUT2D eigenvalue weighted by molar-refractivity contribution is -0.149. The first-order chi connectivity index (χ1) is 10.1. The van der Waals surface area contributed by atoms with Crippen molar-refractivity contribution in [1.29, 1.82) is 0 Å². The molecule has 1 aromatic carbocycles. The molecule has 0 spiro atoms. The zero-order valence-electron chi connectivity index (χ0n) is 12.9. The summed E-state index contributed by atoms with van der Waals surface area (Å²) in [7, 11) is 1.37. The molecule has 21 heavy (non-hydrogen) atoms. The highest BCUT2D eigenvalue weighted by atomic mass is 16.5. The van der Waals surface area contributed by atoms with Crippen LogP contribution in [0.5, 0.6) is 5.75 Å². The van der Waals surface area contributed by atoms with Crippen molar-refractivity contribution in [1.82, 2.24) is 0 Å². The largest absolute Gasteiger partial charge is 0.491 e. The van der Waals surface area contributed by atoms with Crippen LogP contribution in [0.1, 0.15) is 38.2 Å². The Hall–Kier alpha value is -1.55. The first kappa shape index (κ1) is 15.8. The highest BCUT2D eigenvalue weighted by molar-refractivity contribution is 5.81. The van der Waals surface area contributed by atoms with Gasteiger partial charge in [-0.1, -0.05) is 25.5 Å². The quantitative estimate of drug-likeness (QED) is 0.748. The summed E-state index contributed by atoms with van der Waals surface area (Å²) in [4.78, 5) is 11.9. The second-order valence-corrected chi connectivity index (χ2v) is 5.84. The molecule has 1 aliphatic carbocycles. The molecular formula is C17H25NO3. The minimum absolute atomic E-state index is 0.165. The summed E-state index contributed by atoms with van der Waals surface area (Å²) in [5.41, 5.74) is 6.49. The lowest BCUT2D eigenvalue weighted by Gasteiger charge is -2.26. The summed E-state index contributed by atoms with van der Waals surface area (Å²) in [5, 5.41) is 0. The maximum Gasteiger partial charge on any atom is 0.329 e. The molecule has 1 unspecified atom stereocenters. The van der Waals surface area contributed by atoms with E-state index in [4.69, 9.17) is 15.2 Å². The first-order valence-electron chi connectivity index (χ1n) is 7.69. The maximum absolute atomic E-state index is 11.9. The van der Waals surface area contributed by atoms with Crippen LogP contribution in [0, 0.1) is 5.92 Å². The summed E-state index contributed by atoms with van der Waals surface area (Å²) in [6.07, 6.45) is 5.39. The van der Waals surface area contributed by atoms with E-state index in [0.717, 1.165) is 25.0 Å². The highest BCUT2D eigenvalue weighted by Crippen LogP contribution is 2.39. The lowest BCUT2D eigenvalue weighted by Crippen LogP contribution is -2.55. The van der Waals surface area contributed by atoms with E-state index in [1.54, 1.807) is 0 Å². The van der Waals surface area contributed by atoms with Crippen molar-refractivity contribution in [2.24, 2.45) is 11.7 Å². The van der Waals surface area contributed by atoms with Gasteiger partial charge < -0.3 is 15.2 Å². The molecule has 0 saturated heterocycles. The average molecular weight is 291 g/mol. The molecule has 1 aromatic rings. The second-order valence-electron chi connectivity index (χ2n) is 5.84. The van der Waals surface area contributed by atoms with E-state index < -0.39 is 5.54 Å². The van der Waals surface area contributed by atoms with Gasteiger partial charge in [0.1, 0.15) is 12.4 Å². The number of aryl methyl sites for hydroxylation is 1. The minimum atomic E-state index is -1.02. The van der Waals surface area contributed by atoms with E-state index in [1.807, 2.05) is 12.1 Å². The molecule has 1 saturated carbocycles. The van der Waals surface area contributed by atoms with Crippen LogP contribution in [0.3, 0.4) is 0 Å². The van der Waals surface area contributed by atoms with Crippen LogP contribution in [-0.2, 0) is 16.0 Å². The predicted molar refractivity (Wildman–Crippen MR) is 82.2 cm³/mol. The van der Waals surface area contributed by atoms with Gasteiger partial charge in [-0.2, -0.15) is 0 Å². The first-order valence-corrected chi connectivity index (χ1v) is 7.69. The summed E-state index contributed by atoms with van der Waals surface area (Å²) in [5.74, 6) is 0.535. The normalized spacial score (nSPS) is 17.1. The van der Waals surface area contributed by atoms with E-state index in [-0.39, 0.29) is 18.5 Å². The Morgan fingerprint density at radius 2 is 2.00 bits per heavy atom. The fourth-order valence-electron chi connectivity index (χ4n) is 2.47. The third kappa shape index (κ3) is 3.97. The van der Waals surface area contributed by atoms with Gasteiger partial charge in [-0.25, -0.2) is 4.79 Å². The molecule has 2 rings (SSSR count). The minimum Gasteiger partial charge on any atom is -0.491 e. The van der Waals surface area contributed by atoms with Crippen molar-refractivity contribution >= 4 is 5.97 Å². The summed E-state index contributed by atoms with van der Waals surface area (Å²) >= 11 is 0. The number of benzene rings is 1. The molecule has 0 aromatic heterocycles. The van der Waals surface area contributed by atoms with Gasteiger partial charge in [-0.15, -0.1) is 0 Å². The van der Waals surface area contributed by atoms with Gasteiger partial charge in [0.2, 0.25) is 0 Å². The van der Waals surface area contributed by atoms with Crippen LogP contribution in [0.4, 0.5) is 0 Å². The lowest BCUT2D eigenvalue weighted by atomic mass is 9.96. The SMILES string of the molecule is CCCCc1ccc(OCC(N)(C(=O)OC)C2CC2)cc1. The topological polar surface area (TPSA) is 61.5 Å². The Balaban J connectivity index is 1.93. The van der Waals surface area contributed by atoms with Crippen LogP contribution >= 0.6 is 0 Å². The van der Waals surface area contributed by atoms with Crippen LogP contribution in [0.15, 0.2) is 24.3 Å². The zero-order chi connectivity index (χ0) is 15.3. The van der Waals surface area contributed by atoms with Crippen LogP contribution in [-0.4, -0.2) is 25.2 Å². The van der Waals surface area contributed by atoms with Crippen LogP contribution < -0.4 is 10.5 Å². The fraction of sp³-hybridized carbons (Fsp3) is 0.588. The molecule has 1 fully saturated rings. The van der Waals surface area contributed by atoms with Gasteiger partial charge in [0.25, 0.3) is 0 Å². The molecule has 2 N–H and O–H groups in total. The van der Waals surface area contributed by atoms with E-state index in [2.05, 4.69) is 19.1 Å². The number of carbonyl (C=O) groups excluding carboxylic acids is 1. The highest BCUT2D eigenvalue weighted by Gasteiger charge is 2.49. The van der Waals surface area contributed by atoms with Gasteiger partial charge in [0.05, 0.1) is 7.11 Å². The smallest absolute Gasteiger partial charge is 0.329 e. The number of nitrogens with two attached hydrogens (primary N) is 1. The van der Waals surface area contributed by atoms with Gasteiger partial charge in [0, 0.05) is 0 Å². The fourth-order valence-corrected chi connectivity index (χ4v) is 2.47. The van der Waals surface area contributed by atoms with E-state index in [9.17, 15) is 4.79 Å². The average Bonchev–Trinajstić information content (AvgIpc) is 3.36. The number of esters is 1. The molecule has 1 aliphatic rings. The number of methoxy groups -OCH3 is 1. The van der Waals surface area contributed by atoms with Gasteiger partial charge in [0.15, 0.2) is 5.54 Å². The van der Waals surface area contributed by atoms with E-state index in [0.29, 0.717) is 0 Å². The van der Waals surface area contributed by atoms with Crippen molar-refractivity contribution in [2.75, 3.05) is 13.7 Å². The molecule has 0 radical (unpaired) electrons. The number of unbranched alkanes of at least 4 members (excludes halogenated alkanes) is 1. The molecular weight excluding hydrogens is 266 g/mol. The van der Waals surface area contributed by atoms with Crippen molar-refractivity contribution in [3.05, 3.63) is 29.8 Å². The number of rotatable bonds is 8. The molecule has 0 amide bonds. The van der Waals surface area contributed by atoms with Crippen LogP contribution in [0.2, 0.25) is 0 Å². The Kier molecular flexibility index (Phi) is 5.23. The molecule has 1 atom stereocenters. The predicted octanol–water partition coefficient (Wildman–Crippen LogP) is 2.69. The molecule has 0 aliphatic heterocycles. The van der Waals surface area contributed by atoms with Crippen molar-refractivity contribution in [3.8, 4) is 5.75 Å². The molecule has 4 nitrogen and oxygen atoms in total. The zero-order valence-corrected chi connectivity index (χ0v) is 12.9. The van der Waals surface area contributed by atoms with E-state index in [1.165, 1.54) is 25.5 Å². The van der Waals surface area contributed by atoms with Crippen molar-refractivity contribution in [3.63, 3.8) is 0 Å². The van der Waals surface area contributed by atoms with E-state index >= 15 is 0 Å². The molecule has 116 valence electrons. The van der Waals surface area contributed by atoms with Crippen LogP contribution in [0.25, 0.3) is 0 Å². The van der Waals surface area contributed by atoms with Gasteiger partial charge >= 0.3 is 5.97 Å². The standard InChI is InChI=1S/C17H25NO3/c1-3-4-5-13-6-10-15(11-7-13)21-12-17(18,14-8-9-14)16(19)20-2/h6-7,10-11,14H,3-5,8-9,12,18H2,1-2H3. The van der Waals surface area contributed by atoms with Gasteiger partial charge in [-0.3, -0.25) is 0 Å². The van der Waals surface area contributed by atoms with Crippen molar-refractivity contribution in [2.45, 2.75) is 44.6 Å². The monoisotopic (exact) mass is 291 g/mol. The Bertz CT molecular complexity index is 467. The molecule has 4 heteroatoms. The third-order valence-electron chi connectivity index (χ3n) is 4.09. The Morgan fingerprint density at radius 1 is 1.33 bits per heavy atom. The Morgan fingerprint density at radius 3 is 2.52 bits per heavy atom. The maximum atomic E-state index is 11.9.